The van der Waals surface area contributed by atoms with Gasteiger partial charge in [-0.2, -0.15) is 0 Å². The third kappa shape index (κ3) is 4.05. The summed E-state index contributed by atoms with van der Waals surface area (Å²) in [4.78, 5) is 0. The quantitative estimate of drug-likeness (QED) is 0.869. The van der Waals surface area contributed by atoms with E-state index in [0.717, 1.165) is 11.5 Å². The SMILES string of the molecule is COc1ccc(C2CC(NC(C)CS(C)=O)C2)cc1. The molecule has 2 rings (SSSR count). The third-order valence-electron chi connectivity index (χ3n) is 3.73. The normalized spacial score (nSPS) is 25.4. The van der Waals surface area contributed by atoms with Crippen LogP contribution in [-0.2, 0) is 10.8 Å². The first kappa shape index (κ1) is 14.5. The summed E-state index contributed by atoms with van der Waals surface area (Å²) < 4.78 is 16.3. The van der Waals surface area contributed by atoms with Gasteiger partial charge in [-0.1, -0.05) is 12.1 Å². The van der Waals surface area contributed by atoms with Crippen LogP contribution in [-0.4, -0.2) is 35.4 Å². The Bertz CT molecular complexity index is 426. The average molecular weight is 281 g/mol. The van der Waals surface area contributed by atoms with Gasteiger partial charge in [0.1, 0.15) is 5.75 Å². The van der Waals surface area contributed by atoms with E-state index in [1.54, 1.807) is 13.4 Å². The third-order valence-corrected chi connectivity index (χ3v) is 4.70. The Labute approximate surface area is 118 Å². The lowest BCUT2D eigenvalue weighted by Gasteiger charge is -2.38. The highest BCUT2D eigenvalue weighted by Gasteiger charge is 2.30. The van der Waals surface area contributed by atoms with Crippen molar-refractivity contribution in [2.75, 3.05) is 19.1 Å². The molecule has 0 aliphatic heterocycles. The Kier molecular flexibility index (Phi) is 4.99. The van der Waals surface area contributed by atoms with Gasteiger partial charge in [0.05, 0.1) is 7.11 Å². The Balaban J connectivity index is 1.77. The summed E-state index contributed by atoms with van der Waals surface area (Å²) in [6.45, 7) is 2.11. The van der Waals surface area contributed by atoms with Gasteiger partial charge >= 0.3 is 0 Å². The average Bonchev–Trinajstić information content (AvgIpc) is 2.32. The van der Waals surface area contributed by atoms with Crippen molar-refractivity contribution in [3.63, 3.8) is 0 Å². The summed E-state index contributed by atoms with van der Waals surface area (Å²) in [5.74, 6) is 2.31. The maximum atomic E-state index is 11.1. The van der Waals surface area contributed by atoms with Crippen LogP contribution in [0.4, 0.5) is 0 Å². The molecule has 1 saturated carbocycles. The van der Waals surface area contributed by atoms with Gasteiger partial charge in [-0.15, -0.1) is 0 Å². The number of hydrogen-bond acceptors (Lipinski definition) is 3. The Morgan fingerprint density at radius 2 is 2.00 bits per heavy atom. The van der Waals surface area contributed by atoms with Crippen molar-refractivity contribution in [2.45, 2.75) is 37.8 Å². The fourth-order valence-corrected chi connectivity index (χ4v) is 3.51. The van der Waals surface area contributed by atoms with Crippen molar-refractivity contribution in [1.82, 2.24) is 5.32 Å². The molecule has 0 aromatic heterocycles. The van der Waals surface area contributed by atoms with Crippen LogP contribution in [0, 0.1) is 0 Å². The zero-order chi connectivity index (χ0) is 13.8. The number of ether oxygens (including phenoxy) is 1. The van der Waals surface area contributed by atoms with Crippen LogP contribution in [0.15, 0.2) is 24.3 Å². The number of nitrogens with one attached hydrogen (secondary N) is 1. The number of hydrogen-bond donors (Lipinski definition) is 1. The molecule has 1 aliphatic rings. The van der Waals surface area contributed by atoms with Gasteiger partial charge < -0.3 is 10.1 Å². The van der Waals surface area contributed by atoms with Crippen LogP contribution in [0.25, 0.3) is 0 Å². The van der Waals surface area contributed by atoms with Crippen LogP contribution < -0.4 is 10.1 Å². The molecule has 0 spiro atoms. The van der Waals surface area contributed by atoms with Crippen molar-refractivity contribution in [3.05, 3.63) is 29.8 Å². The number of benzene rings is 1. The molecule has 1 aromatic carbocycles. The largest absolute Gasteiger partial charge is 0.497 e. The van der Waals surface area contributed by atoms with Gasteiger partial charge in [-0.05, 0) is 43.4 Å². The fraction of sp³-hybridized carbons (Fsp3) is 0.600. The van der Waals surface area contributed by atoms with Gasteiger partial charge in [0.25, 0.3) is 0 Å². The molecule has 1 aromatic rings. The Morgan fingerprint density at radius 3 is 2.53 bits per heavy atom. The van der Waals surface area contributed by atoms with Crippen LogP contribution in [0.1, 0.15) is 31.2 Å². The van der Waals surface area contributed by atoms with Crippen LogP contribution in [0.3, 0.4) is 0 Å². The molecule has 4 heteroatoms. The second-order valence-corrected chi connectivity index (χ2v) is 6.93. The lowest BCUT2D eigenvalue weighted by molar-refractivity contribution is 0.275. The van der Waals surface area contributed by atoms with Gasteiger partial charge in [0.15, 0.2) is 0 Å². The van der Waals surface area contributed by atoms with Crippen molar-refractivity contribution in [3.8, 4) is 5.75 Å². The van der Waals surface area contributed by atoms with E-state index < -0.39 is 10.8 Å². The van der Waals surface area contributed by atoms with E-state index in [2.05, 4.69) is 24.4 Å². The summed E-state index contributed by atoms with van der Waals surface area (Å²) in [5, 5.41) is 3.55. The van der Waals surface area contributed by atoms with Crippen molar-refractivity contribution in [1.29, 1.82) is 0 Å². The summed E-state index contributed by atoms with van der Waals surface area (Å²) in [6.07, 6.45) is 4.11. The first-order valence-corrected chi connectivity index (χ1v) is 8.51. The van der Waals surface area contributed by atoms with E-state index in [4.69, 9.17) is 4.74 Å². The van der Waals surface area contributed by atoms with Crippen LogP contribution in [0.2, 0.25) is 0 Å². The molecular weight excluding hydrogens is 258 g/mol. The minimum Gasteiger partial charge on any atom is -0.497 e. The monoisotopic (exact) mass is 281 g/mol. The molecule has 106 valence electrons. The van der Waals surface area contributed by atoms with E-state index in [9.17, 15) is 4.21 Å². The Morgan fingerprint density at radius 1 is 1.37 bits per heavy atom. The molecule has 1 aliphatic carbocycles. The van der Waals surface area contributed by atoms with Gasteiger partial charge in [0, 0.05) is 34.9 Å². The summed E-state index contributed by atoms with van der Waals surface area (Å²) in [6, 6.07) is 9.28. The predicted molar refractivity (Wildman–Crippen MR) is 80.3 cm³/mol. The summed E-state index contributed by atoms with van der Waals surface area (Å²) in [5.41, 5.74) is 1.39. The lowest BCUT2D eigenvalue weighted by atomic mass is 9.75. The second kappa shape index (κ2) is 6.53. The highest BCUT2D eigenvalue weighted by Crippen LogP contribution is 2.37. The van der Waals surface area contributed by atoms with E-state index in [-0.39, 0.29) is 0 Å². The fourth-order valence-electron chi connectivity index (χ4n) is 2.70. The van der Waals surface area contributed by atoms with E-state index >= 15 is 0 Å². The van der Waals surface area contributed by atoms with Gasteiger partial charge in [-0.25, -0.2) is 0 Å². The molecule has 0 saturated heterocycles. The van der Waals surface area contributed by atoms with Gasteiger partial charge in [0.2, 0.25) is 0 Å². The second-order valence-electron chi connectivity index (χ2n) is 5.45. The first-order chi connectivity index (χ1) is 9.08. The highest BCUT2D eigenvalue weighted by atomic mass is 32.2. The van der Waals surface area contributed by atoms with Crippen molar-refractivity contribution in [2.24, 2.45) is 0 Å². The molecule has 0 bridgehead atoms. The molecule has 19 heavy (non-hydrogen) atoms. The minimum absolute atomic E-state index is 0.340. The highest BCUT2D eigenvalue weighted by molar-refractivity contribution is 7.84. The summed E-state index contributed by atoms with van der Waals surface area (Å²) in [7, 11) is 0.977. The topological polar surface area (TPSA) is 38.3 Å². The van der Waals surface area contributed by atoms with Crippen LogP contribution in [0.5, 0.6) is 5.75 Å². The smallest absolute Gasteiger partial charge is 0.118 e. The van der Waals surface area contributed by atoms with Crippen molar-refractivity contribution >= 4 is 10.8 Å². The van der Waals surface area contributed by atoms with Crippen molar-refractivity contribution < 1.29 is 8.95 Å². The number of methoxy groups -OCH3 is 1. The van der Waals surface area contributed by atoms with E-state index in [1.165, 1.54) is 18.4 Å². The zero-order valence-electron chi connectivity index (χ0n) is 11.9. The molecule has 1 N–H and O–H groups in total. The minimum atomic E-state index is -0.715. The molecule has 2 atom stereocenters. The number of rotatable bonds is 6. The predicted octanol–water partition coefficient (Wildman–Crippen LogP) is 2.30. The maximum Gasteiger partial charge on any atom is 0.118 e. The summed E-state index contributed by atoms with van der Waals surface area (Å²) >= 11 is 0. The van der Waals surface area contributed by atoms with Gasteiger partial charge in [-0.3, -0.25) is 4.21 Å². The molecule has 0 heterocycles. The molecule has 3 nitrogen and oxygen atoms in total. The zero-order valence-corrected chi connectivity index (χ0v) is 12.7. The molecule has 1 fully saturated rings. The molecular formula is C15H23NO2S. The maximum absolute atomic E-state index is 11.1. The molecule has 2 unspecified atom stereocenters. The van der Waals surface area contributed by atoms with E-state index in [1.807, 2.05) is 12.1 Å². The molecule has 0 radical (unpaired) electrons. The first-order valence-electron chi connectivity index (χ1n) is 6.78. The lowest BCUT2D eigenvalue weighted by Crippen LogP contribution is -2.46. The Hall–Kier alpha value is -0.870. The standard InChI is InChI=1S/C15H23NO2S/c1-11(10-19(3)17)16-14-8-13(9-14)12-4-6-15(18-2)7-5-12/h4-7,11,13-14,16H,8-10H2,1-3H3. The molecule has 0 amide bonds. The van der Waals surface area contributed by atoms with Crippen LogP contribution >= 0.6 is 0 Å². The van der Waals surface area contributed by atoms with E-state index in [0.29, 0.717) is 18.0 Å².